The molecule has 0 spiro atoms. The first-order valence-corrected chi connectivity index (χ1v) is 8.06. The van der Waals surface area contributed by atoms with E-state index in [1.165, 1.54) is 12.1 Å². The second-order valence-corrected chi connectivity index (χ2v) is 5.62. The third-order valence-corrected chi connectivity index (χ3v) is 3.80. The van der Waals surface area contributed by atoms with Crippen LogP contribution in [0, 0.1) is 10.1 Å². The lowest BCUT2D eigenvalue weighted by Gasteiger charge is -2.12. The highest BCUT2D eigenvalue weighted by atomic mass is 16.6. The van der Waals surface area contributed by atoms with Crippen LogP contribution in [0.4, 0.5) is 17.1 Å². The maximum Gasteiger partial charge on any atom is 0.271 e. The van der Waals surface area contributed by atoms with Crippen molar-refractivity contribution in [1.82, 2.24) is 0 Å². The number of carbonyl (C=O) groups excluding carboxylic acids is 1. The minimum absolute atomic E-state index is 0.00426. The van der Waals surface area contributed by atoms with Crippen LogP contribution in [0.15, 0.2) is 78.9 Å². The molecule has 3 aromatic carbocycles. The van der Waals surface area contributed by atoms with Crippen LogP contribution in [0.3, 0.4) is 0 Å². The summed E-state index contributed by atoms with van der Waals surface area (Å²) >= 11 is 0. The summed E-state index contributed by atoms with van der Waals surface area (Å²) in [5.74, 6) is -0.236. The molecule has 2 N–H and O–H groups in total. The maximum atomic E-state index is 12.3. The van der Waals surface area contributed by atoms with Crippen molar-refractivity contribution in [3.63, 3.8) is 0 Å². The number of hydrogen-bond acceptors (Lipinski definition) is 4. The summed E-state index contributed by atoms with van der Waals surface area (Å²) in [6.07, 6.45) is 0. The second-order valence-electron chi connectivity index (χ2n) is 5.62. The van der Waals surface area contributed by atoms with E-state index in [-0.39, 0.29) is 18.1 Å². The van der Waals surface area contributed by atoms with Crippen LogP contribution in [0.25, 0.3) is 11.1 Å². The Kier molecular flexibility index (Phi) is 5.24. The summed E-state index contributed by atoms with van der Waals surface area (Å²) in [5.41, 5.74) is 3.15. The van der Waals surface area contributed by atoms with Crippen molar-refractivity contribution in [2.45, 2.75) is 0 Å². The molecule has 0 bridgehead atoms. The number of non-ortho nitro benzene ring substituents is 1. The maximum absolute atomic E-state index is 12.3. The van der Waals surface area contributed by atoms with E-state index in [0.29, 0.717) is 11.4 Å². The van der Waals surface area contributed by atoms with Gasteiger partial charge in [-0.2, -0.15) is 0 Å². The number of nitrogens with one attached hydrogen (secondary N) is 2. The van der Waals surface area contributed by atoms with Gasteiger partial charge in [-0.1, -0.05) is 54.6 Å². The lowest BCUT2D eigenvalue weighted by Crippen LogP contribution is -2.22. The molecule has 130 valence electrons. The van der Waals surface area contributed by atoms with Crippen molar-refractivity contribution in [2.75, 3.05) is 17.2 Å². The van der Waals surface area contributed by atoms with Crippen molar-refractivity contribution in [2.24, 2.45) is 0 Å². The largest absolute Gasteiger partial charge is 0.376 e. The quantitative estimate of drug-likeness (QED) is 0.514. The van der Waals surface area contributed by atoms with Gasteiger partial charge in [-0.25, -0.2) is 0 Å². The minimum atomic E-state index is -0.471. The highest BCUT2D eigenvalue weighted by Gasteiger charge is 2.09. The molecule has 0 atom stereocenters. The zero-order chi connectivity index (χ0) is 18.4. The number of nitro benzene ring substituents is 1. The van der Waals surface area contributed by atoms with Gasteiger partial charge in [0.2, 0.25) is 5.91 Å². The molecule has 0 aliphatic rings. The first-order chi connectivity index (χ1) is 12.6. The molecular formula is C20H17N3O3. The lowest BCUT2D eigenvalue weighted by molar-refractivity contribution is -0.384. The van der Waals surface area contributed by atoms with Crippen LogP contribution < -0.4 is 10.6 Å². The van der Waals surface area contributed by atoms with Gasteiger partial charge in [-0.05, 0) is 17.7 Å². The van der Waals surface area contributed by atoms with Gasteiger partial charge >= 0.3 is 0 Å². The molecule has 0 radical (unpaired) electrons. The standard InChI is InChI=1S/C20H17N3O3/c24-20(14-21-16-9-6-10-17(13-16)23(25)26)22-19-12-5-4-11-18(19)15-7-2-1-3-8-15/h1-13,21H,14H2,(H,22,24). The Hall–Kier alpha value is -3.67. The molecule has 0 fully saturated rings. The number of nitrogens with zero attached hydrogens (tertiary/aromatic N) is 1. The minimum Gasteiger partial charge on any atom is -0.376 e. The van der Waals surface area contributed by atoms with Gasteiger partial charge in [-0.3, -0.25) is 14.9 Å². The zero-order valence-corrected chi connectivity index (χ0v) is 13.9. The molecule has 0 aliphatic carbocycles. The zero-order valence-electron chi connectivity index (χ0n) is 13.9. The van der Waals surface area contributed by atoms with Crippen molar-refractivity contribution in [3.05, 3.63) is 89.0 Å². The van der Waals surface area contributed by atoms with Gasteiger partial charge in [0, 0.05) is 29.1 Å². The molecule has 26 heavy (non-hydrogen) atoms. The molecule has 3 aromatic rings. The van der Waals surface area contributed by atoms with Crippen LogP contribution in [-0.4, -0.2) is 17.4 Å². The number of benzene rings is 3. The van der Waals surface area contributed by atoms with Gasteiger partial charge in [-0.15, -0.1) is 0 Å². The van der Waals surface area contributed by atoms with E-state index < -0.39 is 4.92 Å². The predicted molar refractivity (Wildman–Crippen MR) is 102 cm³/mol. The van der Waals surface area contributed by atoms with Crippen LogP contribution in [0.2, 0.25) is 0 Å². The van der Waals surface area contributed by atoms with E-state index in [0.717, 1.165) is 11.1 Å². The first kappa shape index (κ1) is 17.2. The SMILES string of the molecule is O=C(CNc1cccc([N+](=O)[O-])c1)Nc1ccccc1-c1ccccc1. The van der Waals surface area contributed by atoms with E-state index >= 15 is 0 Å². The van der Waals surface area contributed by atoms with Crippen molar-refractivity contribution in [1.29, 1.82) is 0 Å². The lowest BCUT2D eigenvalue weighted by atomic mass is 10.0. The van der Waals surface area contributed by atoms with Gasteiger partial charge in [0.25, 0.3) is 5.69 Å². The predicted octanol–water partition coefficient (Wildman–Crippen LogP) is 4.31. The second kappa shape index (κ2) is 7.94. The topological polar surface area (TPSA) is 84.3 Å². The van der Waals surface area contributed by atoms with E-state index in [1.54, 1.807) is 12.1 Å². The highest BCUT2D eigenvalue weighted by Crippen LogP contribution is 2.27. The molecule has 0 aliphatic heterocycles. The van der Waals surface area contributed by atoms with Crippen molar-refractivity contribution >= 4 is 23.0 Å². The molecule has 0 aromatic heterocycles. The molecule has 0 saturated heterocycles. The molecule has 0 unspecified atom stereocenters. The average molecular weight is 347 g/mol. The smallest absolute Gasteiger partial charge is 0.271 e. The van der Waals surface area contributed by atoms with Gasteiger partial charge < -0.3 is 10.6 Å². The normalized spacial score (nSPS) is 10.2. The Bertz CT molecular complexity index is 926. The fourth-order valence-corrected chi connectivity index (χ4v) is 2.57. The summed E-state index contributed by atoms with van der Waals surface area (Å²) in [4.78, 5) is 22.6. The number of amides is 1. The molecule has 6 heteroatoms. The van der Waals surface area contributed by atoms with Crippen LogP contribution >= 0.6 is 0 Å². The van der Waals surface area contributed by atoms with Gasteiger partial charge in [0.05, 0.1) is 11.5 Å². The van der Waals surface area contributed by atoms with Crippen LogP contribution in [0.5, 0.6) is 0 Å². The third kappa shape index (κ3) is 4.24. The van der Waals surface area contributed by atoms with Gasteiger partial charge in [0.1, 0.15) is 0 Å². The summed E-state index contributed by atoms with van der Waals surface area (Å²) in [7, 11) is 0. The van der Waals surface area contributed by atoms with Crippen molar-refractivity contribution in [3.8, 4) is 11.1 Å². The molecular weight excluding hydrogens is 330 g/mol. The Morgan fingerprint density at radius 3 is 2.42 bits per heavy atom. The Labute approximate surface area is 150 Å². The summed E-state index contributed by atoms with van der Waals surface area (Å²) in [5, 5.41) is 16.6. The highest BCUT2D eigenvalue weighted by molar-refractivity contribution is 5.97. The molecule has 0 heterocycles. The van der Waals surface area contributed by atoms with E-state index in [2.05, 4.69) is 10.6 Å². The number of para-hydroxylation sites is 1. The molecule has 6 nitrogen and oxygen atoms in total. The average Bonchev–Trinajstić information content (AvgIpc) is 2.68. The Balaban J connectivity index is 1.68. The fraction of sp³-hybridized carbons (Fsp3) is 0.0500. The van der Waals surface area contributed by atoms with E-state index in [4.69, 9.17) is 0 Å². The monoisotopic (exact) mass is 347 g/mol. The Morgan fingerprint density at radius 1 is 0.923 bits per heavy atom. The number of nitro groups is 1. The number of hydrogen-bond donors (Lipinski definition) is 2. The third-order valence-electron chi connectivity index (χ3n) is 3.80. The van der Waals surface area contributed by atoms with E-state index in [9.17, 15) is 14.9 Å². The molecule has 0 saturated carbocycles. The number of carbonyl (C=O) groups is 1. The van der Waals surface area contributed by atoms with Gasteiger partial charge in [0.15, 0.2) is 0 Å². The number of rotatable bonds is 6. The molecule has 3 rings (SSSR count). The summed E-state index contributed by atoms with van der Waals surface area (Å²) < 4.78 is 0. The van der Waals surface area contributed by atoms with Crippen molar-refractivity contribution < 1.29 is 9.72 Å². The first-order valence-electron chi connectivity index (χ1n) is 8.06. The summed E-state index contributed by atoms with van der Waals surface area (Å²) in [6, 6.07) is 23.4. The summed E-state index contributed by atoms with van der Waals surface area (Å²) in [6.45, 7) is 0.00426. The fourth-order valence-electron chi connectivity index (χ4n) is 2.57. The molecule has 1 amide bonds. The van der Waals surface area contributed by atoms with Crippen LogP contribution in [0.1, 0.15) is 0 Å². The Morgan fingerprint density at radius 2 is 1.65 bits per heavy atom. The number of anilines is 2. The van der Waals surface area contributed by atoms with Crippen LogP contribution in [-0.2, 0) is 4.79 Å². The van der Waals surface area contributed by atoms with E-state index in [1.807, 2.05) is 54.6 Å².